The fourth-order valence-corrected chi connectivity index (χ4v) is 4.05. The van der Waals surface area contributed by atoms with Gasteiger partial charge in [-0.1, -0.05) is 24.4 Å². The van der Waals surface area contributed by atoms with E-state index < -0.39 is 0 Å². The van der Waals surface area contributed by atoms with Gasteiger partial charge in [0.05, 0.1) is 11.8 Å². The van der Waals surface area contributed by atoms with Crippen molar-refractivity contribution in [2.45, 2.75) is 51.7 Å². The predicted molar refractivity (Wildman–Crippen MR) is 117 cm³/mol. The Kier molecular flexibility index (Phi) is 9.31. The lowest BCUT2D eigenvalue weighted by Crippen LogP contribution is -2.53. The van der Waals surface area contributed by atoms with E-state index in [0.717, 1.165) is 63.0 Å². The van der Waals surface area contributed by atoms with Crippen LogP contribution in [0.4, 0.5) is 0 Å². The van der Waals surface area contributed by atoms with Crippen LogP contribution in [0.5, 0.6) is 0 Å². The third kappa shape index (κ3) is 6.60. The molecule has 7 nitrogen and oxygen atoms in total. The summed E-state index contributed by atoms with van der Waals surface area (Å²) in [5, 5.41) is 17.9. The summed E-state index contributed by atoms with van der Waals surface area (Å²) in [4.78, 5) is 9.08. The number of nitrogens with zero attached hydrogens (tertiary/aromatic N) is 4. The number of aliphatic hydroxyl groups is 1. The normalized spacial score (nSPS) is 21.0. The molecule has 0 radical (unpaired) electrons. The molecule has 1 aliphatic heterocycles. The molecule has 1 aliphatic carbocycles. The summed E-state index contributed by atoms with van der Waals surface area (Å²) < 4.78 is 5.15. The first kappa shape index (κ1) is 22.4. The number of aliphatic imine (C=N–C) groups is 1. The van der Waals surface area contributed by atoms with Crippen molar-refractivity contribution < 1.29 is 9.63 Å². The second-order valence-electron chi connectivity index (χ2n) is 7.59. The summed E-state index contributed by atoms with van der Waals surface area (Å²) >= 11 is 0. The van der Waals surface area contributed by atoms with Crippen molar-refractivity contribution in [3.8, 4) is 0 Å². The molecule has 1 saturated heterocycles. The number of halogens is 1. The number of aryl methyl sites for hydroxylation is 1. The highest BCUT2D eigenvalue weighted by Crippen LogP contribution is 2.26. The SMILES string of the molecule is CN=C(NCC(O)C1CCCCC1)N1CCN(Cc2cc(C)on2)CC1.I. The van der Waals surface area contributed by atoms with Crippen LogP contribution in [-0.2, 0) is 6.54 Å². The molecule has 2 fully saturated rings. The standard InChI is InChI=1S/C19H33N5O2.HI/c1-15-12-17(22-26-15)14-23-8-10-24(11-9-23)19(20-2)21-13-18(25)16-6-4-3-5-7-16;/h12,16,18,25H,3-11,13-14H2,1-2H3,(H,20,21);1H. The van der Waals surface area contributed by atoms with Gasteiger partial charge in [-0.25, -0.2) is 0 Å². The number of guanidine groups is 1. The number of rotatable bonds is 5. The van der Waals surface area contributed by atoms with Gasteiger partial charge < -0.3 is 19.8 Å². The van der Waals surface area contributed by atoms with E-state index in [1.165, 1.54) is 19.3 Å². The number of aromatic nitrogens is 1. The van der Waals surface area contributed by atoms with Crippen LogP contribution >= 0.6 is 24.0 Å². The molecule has 0 spiro atoms. The molecule has 1 aromatic heterocycles. The Hall–Kier alpha value is -0.870. The monoisotopic (exact) mass is 491 g/mol. The number of aliphatic hydroxyl groups excluding tert-OH is 1. The summed E-state index contributed by atoms with van der Waals surface area (Å²) in [5.74, 6) is 2.20. The van der Waals surface area contributed by atoms with Crippen molar-refractivity contribution in [1.82, 2.24) is 20.3 Å². The Bertz CT molecular complexity index is 580. The van der Waals surface area contributed by atoms with E-state index >= 15 is 0 Å². The molecule has 0 amide bonds. The van der Waals surface area contributed by atoms with Gasteiger partial charge >= 0.3 is 0 Å². The van der Waals surface area contributed by atoms with Crippen LogP contribution in [0.1, 0.15) is 43.6 Å². The molecule has 0 aromatic carbocycles. The molecule has 2 N–H and O–H groups in total. The maximum absolute atomic E-state index is 10.5. The van der Waals surface area contributed by atoms with Crippen LogP contribution in [0, 0.1) is 12.8 Å². The lowest BCUT2D eigenvalue weighted by molar-refractivity contribution is 0.0866. The highest BCUT2D eigenvalue weighted by molar-refractivity contribution is 14.0. The fraction of sp³-hybridized carbons (Fsp3) is 0.789. The zero-order valence-electron chi connectivity index (χ0n) is 16.6. The quantitative estimate of drug-likeness (QED) is 0.374. The molecule has 2 aliphatic rings. The second-order valence-corrected chi connectivity index (χ2v) is 7.59. The van der Waals surface area contributed by atoms with E-state index in [0.29, 0.717) is 12.5 Å². The van der Waals surface area contributed by atoms with Crippen molar-refractivity contribution >= 4 is 29.9 Å². The second kappa shape index (κ2) is 11.2. The number of hydrogen-bond acceptors (Lipinski definition) is 5. The highest BCUT2D eigenvalue weighted by atomic mass is 127. The topological polar surface area (TPSA) is 77.1 Å². The van der Waals surface area contributed by atoms with E-state index in [1.54, 1.807) is 0 Å². The average molecular weight is 491 g/mol. The predicted octanol–water partition coefficient (Wildman–Crippen LogP) is 2.24. The Balaban J connectivity index is 0.00000261. The van der Waals surface area contributed by atoms with Gasteiger partial charge in [-0.05, 0) is 25.7 Å². The lowest BCUT2D eigenvalue weighted by Gasteiger charge is -2.36. The first-order valence-electron chi connectivity index (χ1n) is 9.94. The molecule has 154 valence electrons. The fourth-order valence-electron chi connectivity index (χ4n) is 4.05. The van der Waals surface area contributed by atoms with E-state index in [1.807, 2.05) is 20.0 Å². The minimum Gasteiger partial charge on any atom is -0.391 e. The molecular weight excluding hydrogens is 457 g/mol. The van der Waals surface area contributed by atoms with Crippen molar-refractivity contribution in [2.24, 2.45) is 10.9 Å². The largest absolute Gasteiger partial charge is 0.391 e. The van der Waals surface area contributed by atoms with Crippen LogP contribution in [0.2, 0.25) is 0 Å². The highest BCUT2D eigenvalue weighted by Gasteiger charge is 2.24. The maximum atomic E-state index is 10.5. The molecule has 1 atom stereocenters. The average Bonchev–Trinajstić information content (AvgIpc) is 3.08. The minimum absolute atomic E-state index is 0. The molecule has 3 rings (SSSR count). The lowest BCUT2D eigenvalue weighted by atomic mass is 9.85. The Morgan fingerprint density at radius 2 is 2.00 bits per heavy atom. The van der Waals surface area contributed by atoms with Gasteiger partial charge in [0.2, 0.25) is 0 Å². The first-order chi connectivity index (χ1) is 12.7. The van der Waals surface area contributed by atoms with Gasteiger partial charge in [-0.3, -0.25) is 9.89 Å². The third-order valence-electron chi connectivity index (χ3n) is 5.61. The molecule has 0 bridgehead atoms. The van der Waals surface area contributed by atoms with E-state index in [4.69, 9.17) is 4.52 Å². The van der Waals surface area contributed by atoms with Gasteiger partial charge in [0.15, 0.2) is 5.96 Å². The Labute approximate surface area is 179 Å². The van der Waals surface area contributed by atoms with Crippen LogP contribution < -0.4 is 5.32 Å². The zero-order valence-corrected chi connectivity index (χ0v) is 18.9. The van der Waals surface area contributed by atoms with Gasteiger partial charge in [-0.15, -0.1) is 24.0 Å². The van der Waals surface area contributed by atoms with E-state index in [9.17, 15) is 5.11 Å². The van der Waals surface area contributed by atoms with Crippen molar-refractivity contribution in [3.63, 3.8) is 0 Å². The Morgan fingerprint density at radius 3 is 2.59 bits per heavy atom. The first-order valence-corrected chi connectivity index (χ1v) is 9.94. The van der Waals surface area contributed by atoms with Gasteiger partial charge in [0.25, 0.3) is 0 Å². The molecule has 1 saturated carbocycles. The summed E-state index contributed by atoms with van der Waals surface area (Å²) in [7, 11) is 1.82. The minimum atomic E-state index is -0.274. The molecule has 1 aromatic rings. The van der Waals surface area contributed by atoms with Crippen molar-refractivity contribution in [1.29, 1.82) is 0 Å². The maximum Gasteiger partial charge on any atom is 0.193 e. The smallest absolute Gasteiger partial charge is 0.193 e. The van der Waals surface area contributed by atoms with Crippen molar-refractivity contribution in [3.05, 3.63) is 17.5 Å². The number of piperazine rings is 1. The van der Waals surface area contributed by atoms with Crippen molar-refractivity contribution in [2.75, 3.05) is 39.8 Å². The molecule has 1 unspecified atom stereocenters. The summed E-state index contributed by atoms with van der Waals surface area (Å²) in [6, 6.07) is 2.00. The van der Waals surface area contributed by atoms with Gasteiger partial charge in [-0.2, -0.15) is 0 Å². The van der Waals surface area contributed by atoms with Gasteiger partial charge in [0, 0.05) is 52.4 Å². The molecule has 27 heavy (non-hydrogen) atoms. The van der Waals surface area contributed by atoms with Crippen LogP contribution in [0.25, 0.3) is 0 Å². The molecule has 8 heteroatoms. The summed E-state index contributed by atoms with van der Waals surface area (Å²) in [6.45, 7) is 7.14. The number of nitrogens with one attached hydrogen (secondary N) is 1. The van der Waals surface area contributed by atoms with Crippen LogP contribution in [0.3, 0.4) is 0 Å². The molecular formula is C19H34IN5O2. The molecule has 2 heterocycles. The summed E-state index contributed by atoms with van der Waals surface area (Å²) in [6.07, 6.45) is 5.86. The Morgan fingerprint density at radius 1 is 1.30 bits per heavy atom. The zero-order chi connectivity index (χ0) is 18.4. The van der Waals surface area contributed by atoms with Gasteiger partial charge in [0.1, 0.15) is 5.76 Å². The van der Waals surface area contributed by atoms with E-state index in [-0.39, 0.29) is 30.1 Å². The van der Waals surface area contributed by atoms with Crippen LogP contribution in [0.15, 0.2) is 15.6 Å². The summed E-state index contributed by atoms with van der Waals surface area (Å²) in [5.41, 5.74) is 0.995. The van der Waals surface area contributed by atoms with Crippen LogP contribution in [-0.4, -0.2) is 71.9 Å². The number of hydrogen-bond donors (Lipinski definition) is 2. The van der Waals surface area contributed by atoms with E-state index in [2.05, 4.69) is 25.3 Å². The third-order valence-corrected chi connectivity index (χ3v) is 5.61.